The maximum Gasteiger partial charge on any atom is 0.345 e. The fourth-order valence-electron chi connectivity index (χ4n) is 3.97. The van der Waals surface area contributed by atoms with Crippen molar-refractivity contribution in [2.24, 2.45) is 0 Å². The molecule has 1 N–H and O–H groups in total. The fraction of sp³-hybridized carbons (Fsp3) is 0.429. The van der Waals surface area contributed by atoms with Crippen molar-refractivity contribution in [3.63, 3.8) is 0 Å². The van der Waals surface area contributed by atoms with E-state index in [-0.39, 0.29) is 5.91 Å². The van der Waals surface area contributed by atoms with Gasteiger partial charge in [-0.3, -0.25) is 4.79 Å². The van der Waals surface area contributed by atoms with Crippen LogP contribution in [0.1, 0.15) is 38.5 Å². The second kappa shape index (κ2) is 7.89. The zero-order valence-corrected chi connectivity index (χ0v) is 17.4. The van der Waals surface area contributed by atoms with Crippen LogP contribution in [0.3, 0.4) is 0 Å². The van der Waals surface area contributed by atoms with Crippen LogP contribution in [0.5, 0.6) is 0 Å². The lowest BCUT2D eigenvalue weighted by molar-refractivity contribution is -0.137. The lowest BCUT2D eigenvalue weighted by Crippen LogP contribution is -2.48. The molecule has 0 radical (unpaired) electrons. The number of likely N-dealkylation sites (tertiary alicyclic amines) is 1. The second-order valence-electron chi connectivity index (χ2n) is 7.30. The van der Waals surface area contributed by atoms with Crippen molar-refractivity contribution in [2.45, 2.75) is 36.7 Å². The third-order valence-electron chi connectivity index (χ3n) is 5.55. The summed E-state index contributed by atoms with van der Waals surface area (Å²) in [4.78, 5) is 28.5. The van der Waals surface area contributed by atoms with Gasteiger partial charge in [0.2, 0.25) is 5.91 Å². The first-order valence-electron chi connectivity index (χ1n) is 9.45. The molecule has 3 heterocycles. The number of thiophene rings is 1. The summed E-state index contributed by atoms with van der Waals surface area (Å²) >= 11 is 2.92. The lowest BCUT2D eigenvalue weighted by atomic mass is 9.85. The highest BCUT2D eigenvalue weighted by Gasteiger charge is 2.43. The van der Waals surface area contributed by atoms with E-state index >= 15 is 0 Å². The lowest BCUT2D eigenvalue weighted by Gasteiger charge is -2.43. The molecule has 1 aromatic carbocycles. The zero-order valence-electron chi connectivity index (χ0n) is 15.8. The maximum atomic E-state index is 12.7. The topological polar surface area (TPSA) is 66.8 Å². The number of hydrogen-bond donors (Lipinski definition) is 1. The van der Waals surface area contributed by atoms with E-state index in [2.05, 4.69) is 13.0 Å². The van der Waals surface area contributed by atoms with Gasteiger partial charge in [0.15, 0.2) is 0 Å². The first-order valence-corrected chi connectivity index (χ1v) is 11.3. The molecule has 5 nitrogen and oxygen atoms in total. The number of carbonyl (C=O) groups excluding carboxylic acids is 1. The molecular formula is C21H23NO4S2. The van der Waals surface area contributed by atoms with Gasteiger partial charge in [-0.2, -0.15) is 0 Å². The SMILES string of the molecule is Cc1ccccc1SCC(=O)N1CCC2(CC1)OCCc1cc(C(=O)O)sc12. The predicted octanol–water partition coefficient (Wildman–Crippen LogP) is 3.94. The van der Waals surface area contributed by atoms with Gasteiger partial charge in [0.1, 0.15) is 10.5 Å². The summed E-state index contributed by atoms with van der Waals surface area (Å²) in [5, 5.41) is 9.32. The number of fused-ring (bicyclic) bond motifs is 2. The van der Waals surface area contributed by atoms with Gasteiger partial charge < -0.3 is 14.7 Å². The van der Waals surface area contributed by atoms with Crippen LogP contribution in [0.2, 0.25) is 0 Å². The Kier molecular flexibility index (Phi) is 5.49. The number of benzene rings is 1. The molecule has 2 aromatic rings. The molecule has 1 aromatic heterocycles. The Bertz CT molecular complexity index is 900. The molecule has 0 bridgehead atoms. The van der Waals surface area contributed by atoms with Crippen LogP contribution in [-0.4, -0.2) is 47.3 Å². The molecule has 28 heavy (non-hydrogen) atoms. The number of aromatic carboxylic acids is 1. The van der Waals surface area contributed by atoms with Crippen LogP contribution in [0, 0.1) is 6.92 Å². The summed E-state index contributed by atoms with van der Waals surface area (Å²) in [6, 6.07) is 9.90. The number of thioether (sulfide) groups is 1. The molecule has 0 unspecified atom stereocenters. The second-order valence-corrected chi connectivity index (χ2v) is 9.37. The Morgan fingerprint density at radius 3 is 2.75 bits per heavy atom. The normalized spacial score (nSPS) is 18.1. The smallest absolute Gasteiger partial charge is 0.345 e. The molecule has 148 valence electrons. The fourth-order valence-corrected chi connectivity index (χ4v) is 6.15. The highest BCUT2D eigenvalue weighted by molar-refractivity contribution is 8.00. The molecule has 1 spiro atoms. The van der Waals surface area contributed by atoms with Gasteiger partial charge in [-0.1, -0.05) is 18.2 Å². The summed E-state index contributed by atoms with van der Waals surface area (Å²) in [5.41, 5.74) is 1.86. The summed E-state index contributed by atoms with van der Waals surface area (Å²) in [5.74, 6) is -0.293. The minimum absolute atomic E-state index is 0.150. The Hall–Kier alpha value is -1.83. The minimum Gasteiger partial charge on any atom is -0.477 e. The number of amides is 1. The molecule has 1 fully saturated rings. The van der Waals surface area contributed by atoms with Crippen molar-refractivity contribution < 1.29 is 19.4 Å². The minimum atomic E-state index is -0.879. The van der Waals surface area contributed by atoms with Gasteiger partial charge in [0.05, 0.1) is 12.4 Å². The van der Waals surface area contributed by atoms with E-state index in [0.717, 1.165) is 34.6 Å². The highest BCUT2D eigenvalue weighted by atomic mass is 32.2. The van der Waals surface area contributed by atoms with E-state index in [4.69, 9.17) is 4.74 Å². The van der Waals surface area contributed by atoms with E-state index in [9.17, 15) is 14.7 Å². The molecule has 7 heteroatoms. The Morgan fingerprint density at radius 2 is 2.04 bits per heavy atom. The molecule has 0 saturated carbocycles. The quantitative estimate of drug-likeness (QED) is 0.764. The predicted molar refractivity (Wildman–Crippen MR) is 110 cm³/mol. The number of aryl methyl sites for hydroxylation is 1. The van der Waals surface area contributed by atoms with Crippen molar-refractivity contribution in [3.05, 3.63) is 51.2 Å². The highest BCUT2D eigenvalue weighted by Crippen LogP contribution is 2.45. The van der Waals surface area contributed by atoms with Crippen LogP contribution in [0.25, 0.3) is 0 Å². The zero-order chi connectivity index (χ0) is 19.7. The van der Waals surface area contributed by atoms with E-state index < -0.39 is 11.6 Å². The number of carbonyl (C=O) groups is 2. The molecule has 1 saturated heterocycles. The molecule has 0 atom stereocenters. The van der Waals surface area contributed by atoms with Crippen molar-refractivity contribution in [1.29, 1.82) is 0 Å². The first kappa shape index (κ1) is 19.5. The molecule has 1 amide bonds. The van der Waals surface area contributed by atoms with Gasteiger partial charge >= 0.3 is 5.97 Å². The van der Waals surface area contributed by atoms with E-state index in [0.29, 0.717) is 30.3 Å². The van der Waals surface area contributed by atoms with Crippen LogP contribution >= 0.6 is 23.1 Å². The number of nitrogens with zero attached hydrogens (tertiary/aromatic N) is 1. The van der Waals surface area contributed by atoms with Crippen molar-refractivity contribution in [1.82, 2.24) is 4.90 Å². The first-order chi connectivity index (χ1) is 13.5. The Morgan fingerprint density at radius 1 is 1.29 bits per heavy atom. The number of hydrogen-bond acceptors (Lipinski definition) is 5. The number of rotatable bonds is 4. The van der Waals surface area contributed by atoms with Gasteiger partial charge in [-0.05, 0) is 49.4 Å². The number of carboxylic acids is 1. The summed E-state index contributed by atoms with van der Waals surface area (Å²) in [6.45, 7) is 3.96. The monoisotopic (exact) mass is 417 g/mol. The standard InChI is InChI=1S/C21H23NO4S2/c1-14-4-2-3-5-16(14)27-13-18(23)22-9-7-21(8-10-22)19-15(6-11-26-21)12-17(28-19)20(24)25/h2-5,12H,6-11,13H2,1H3,(H,24,25). The van der Waals surface area contributed by atoms with Gasteiger partial charge in [0, 0.05) is 22.9 Å². The summed E-state index contributed by atoms with van der Waals surface area (Å²) in [6.07, 6.45) is 2.21. The van der Waals surface area contributed by atoms with E-state index in [1.807, 2.05) is 23.1 Å². The molecule has 0 aliphatic carbocycles. The molecule has 2 aliphatic rings. The average molecular weight is 418 g/mol. The van der Waals surface area contributed by atoms with Gasteiger partial charge in [-0.25, -0.2) is 4.79 Å². The molecule has 2 aliphatic heterocycles. The van der Waals surface area contributed by atoms with E-state index in [1.165, 1.54) is 16.9 Å². The van der Waals surface area contributed by atoms with Crippen LogP contribution in [0.4, 0.5) is 0 Å². The van der Waals surface area contributed by atoms with Crippen LogP contribution in [0.15, 0.2) is 35.2 Å². The third kappa shape index (κ3) is 3.71. The van der Waals surface area contributed by atoms with Crippen molar-refractivity contribution in [2.75, 3.05) is 25.4 Å². The van der Waals surface area contributed by atoms with Gasteiger partial charge in [-0.15, -0.1) is 23.1 Å². The Labute approximate surface area is 172 Å². The maximum absolute atomic E-state index is 12.7. The summed E-state index contributed by atoms with van der Waals surface area (Å²) in [7, 11) is 0. The average Bonchev–Trinajstić information content (AvgIpc) is 3.14. The van der Waals surface area contributed by atoms with Crippen LogP contribution < -0.4 is 0 Å². The number of piperidine rings is 1. The van der Waals surface area contributed by atoms with Crippen LogP contribution in [-0.2, 0) is 21.6 Å². The number of ether oxygens (including phenoxy) is 1. The third-order valence-corrected chi connectivity index (χ3v) is 8.06. The largest absolute Gasteiger partial charge is 0.477 e. The van der Waals surface area contributed by atoms with Crippen molar-refractivity contribution in [3.8, 4) is 0 Å². The Balaban J connectivity index is 1.40. The van der Waals surface area contributed by atoms with Crippen molar-refractivity contribution >= 4 is 35.0 Å². The summed E-state index contributed by atoms with van der Waals surface area (Å²) < 4.78 is 6.17. The molecule has 4 rings (SSSR count). The molecular weight excluding hydrogens is 394 g/mol. The van der Waals surface area contributed by atoms with E-state index in [1.54, 1.807) is 17.8 Å². The number of carboxylic acid groups (broad SMARTS) is 1. The van der Waals surface area contributed by atoms with Gasteiger partial charge in [0.25, 0.3) is 0 Å².